The zero-order chi connectivity index (χ0) is 14.5. The van der Waals surface area contributed by atoms with Gasteiger partial charge in [0.25, 0.3) is 0 Å². The van der Waals surface area contributed by atoms with Gasteiger partial charge in [-0.05, 0) is 35.9 Å². The van der Waals surface area contributed by atoms with E-state index in [2.05, 4.69) is 5.32 Å². The summed E-state index contributed by atoms with van der Waals surface area (Å²) < 4.78 is 4.99. The summed E-state index contributed by atoms with van der Waals surface area (Å²) in [6.07, 6.45) is 0. The van der Waals surface area contributed by atoms with Crippen LogP contribution < -0.4 is 10.1 Å². The van der Waals surface area contributed by atoms with Crippen LogP contribution in [0.1, 0.15) is 11.1 Å². The Balaban J connectivity index is 2.09. The summed E-state index contributed by atoms with van der Waals surface area (Å²) in [6, 6.07) is 12.4. The first kappa shape index (κ1) is 14.0. The molecule has 2 aromatic carbocycles. The molecule has 2 rings (SSSR count). The lowest BCUT2D eigenvalue weighted by Gasteiger charge is -2.09. The summed E-state index contributed by atoms with van der Waals surface area (Å²) in [4.78, 5) is 0. The zero-order valence-corrected chi connectivity index (χ0v) is 11.6. The predicted molar refractivity (Wildman–Crippen MR) is 78.2 cm³/mol. The van der Waals surface area contributed by atoms with Crippen molar-refractivity contribution < 1.29 is 9.84 Å². The van der Waals surface area contributed by atoms with Gasteiger partial charge in [0.15, 0.2) is 11.5 Å². The molecule has 0 amide bonds. The van der Waals surface area contributed by atoms with Crippen molar-refractivity contribution in [2.75, 3.05) is 12.4 Å². The van der Waals surface area contributed by atoms with E-state index >= 15 is 0 Å². The summed E-state index contributed by atoms with van der Waals surface area (Å²) in [7, 11) is 1.50. The smallest absolute Gasteiger partial charge is 0.160 e. The second-order valence-electron chi connectivity index (χ2n) is 4.17. The molecule has 0 bridgehead atoms. The highest BCUT2D eigenvalue weighted by Gasteiger charge is 2.04. The topological polar surface area (TPSA) is 65.3 Å². The Hall–Kier alpha value is -2.38. The molecule has 2 N–H and O–H groups in total. The Kier molecular flexibility index (Phi) is 4.34. The fourth-order valence-electron chi connectivity index (χ4n) is 1.77. The van der Waals surface area contributed by atoms with Crippen LogP contribution in [-0.4, -0.2) is 12.2 Å². The molecule has 4 nitrogen and oxygen atoms in total. The maximum atomic E-state index is 9.69. The van der Waals surface area contributed by atoms with Crippen LogP contribution in [0, 0.1) is 11.3 Å². The summed E-state index contributed by atoms with van der Waals surface area (Å²) in [5.74, 6) is 0.535. The molecule has 0 atom stereocenters. The molecule has 0 heterocycles. The Bertz CT molecular complexity index is 665. The largest absolute Gasteiger partial charge is 0.504 e. The Labute approximate surface area is 122 Å². The van der Waals surface area contributed by atoms with Gasteiger partial charge < -0.3 is 15.2 Å². The highest BCUT2D eigenvalue weighted by molar-refractivity contribution is 6.31. The second kappa shape index (κ2) is 6.18. The quantitative estimate of drug-likeness (QED) is 0.903. The number of aromatic hydroxyl groups is 1. The number of phenols is 1. The van der Waals surface area contributed by atoms with Crippen LogP contribution in [0.2, 0.25) is 5.02 Å². The lowest BCUT2D eigenvalue weighted by atomic mass is 10.1. The van der Waals surface area contributed by atoms with E-state index in [1.165, 1.54) is 7.11 Å². The van der Waals surface area contributed by atoms with Crippen LogP contribution in [0.3, 0.4) is 0 Å². The first-order chi connectivity index (χ1) is 9.63. The molecule has 0 saturated carbocycles. The predicted octanol–water partition coefficient (Wildman–Crippen LogP) is 3.54. The van der Waals surface area contributed by atoms with Crippen LogP contribution >= 0.6 is 11.6 Å². The van der Waals surface area contributed by atoms with Crippen LogP contribution in [0.25, 0.3) is 0 Å². The molecule has 0 aromatic heterocycles. The van der Waals surface area contributed by atoms with Crippen molar-refractivity contribution in [2.45, 2.75) is 6.54 Å². The van der Waals surface area contributed by atoms with Crippen molar-refractivity contribution in [3.8, 4) is 17.6 Å². The fourth-order valence-corrected chi connectivity index (χ4v) is 1.93. The van der Waals surface area contributed by atoms with Crippen molar-refractivity contribution in [2.24, 2.45) is 0 Å². The molecule has 0 radical (unpaired) electrons. The van der Waals surface area contributed by atoms with Gasteiger partial charge in [0.1, 0.15) is 6.07 Å². The van der Waals surface area contributed by atoms with Crippen molar-refractivity contribution in [3.05, 3.63) is 52.5 Å². The van der Waals surface area contributed by atoms with Crippen molar-refractivity contribution in [1.29, 1.82) is 5.26 Å². The van der Waals surface area contributed by atoms with Crippen molar-refractivity contribution in [3.63, 3.8) is 0 Å². The highest BCUT2D eigenvalue weighted by atomic mass is 35.5. The Morgan fingerprint density at radius 1 is 1.30 bits per heavy atom. The van der Waals surface area contributed by atoms with E-state index in [1.807, 2.05) is 12.1 Å². The Morgan fingerprint density at radius 2 is 2.10 bits per heavy atom. The van der Waals surface area contributed by atoms with Crippen LogP contribution in [0.4, 0.5) is 5.69 Å². The number of nitriles is 1. The van der Waals surface area contributed by atoms with Crippen LogP contribution in [-0.2, 0) is 6.54 Å². The number of phenolic OH excluding ortho intramolecular Hbond substituents is 1. The first-order valence-corrected chi connectivity index (χ1v) is 6.31. The van der Waals surface area contributed by atoms with E-state index in [4.69, 9.17) is 21.6 Å². The lowest BCUT2D eigenvalue weighted by Crippen LogP contribution is -2.00. The Morgan fingerprint density at radius 3 is 2.75 bits per heavy atom. The summed E-state index contributed by atoms with van der Waals surface area (Å²) in [5.41, 5.74) is 2.12. The summed E-state index contributed by atoms with van der Waals surface area (Å²) in [6.45, 7) is 0.518. The van der Waals surface area contributed by atoms with Crippen molar-refractivity contribution in [1.82, 2.24) is 0 Å². The van der Waals surface area contributed by atoms with Crippen LogP contribution in [0.5, 0.6) is 11.5 Å². The SMILES string of the molecule is COc1ccc(CNc2ccc(Cl)c(C#N)c2)cc1O. The number of benzene rings is 2. The number of hydrogen-bond donors (Lipinski definition) is 2. The normalized spacial score (nSPS) is 9.85. The van der Waals surface area contributed by atoms with Gasteiger partial charge in [-0.3, -0.25) is 0 Å². The average molecular weight is 289 g/mol. The number of hydrogen-bond acceptors (Lipinski definition) is 4. The number of anilines is 1. The minimum atomic E-state index is 0.0978. The second-order valence-corrected chi connectivity index (χ2v) is 4.57. The molecule has 0 aliphatic heterocycles. The lowest BCUT2D eigenvalue weighted by molar-refractivity contribution is 0.373. The molecule has 2 aromatic rings. The number of nitrogens with one attached hydrogen (secondary N) is 1. The molecule has 5 heteroatoms. The van der Waals surface area contributed by atoms with Gasteiger partial charge in [-0.25, -0.2) is 0 Å². The summed E-state index contributed by atoms with van der Waals surface area (Å²) >= 11 is 5.87. The van der Waals surface area contributed by atoms with E-state index < -0.39 is 0 Å². The molecule has 20 heavy (non-hydrogen) atoms. The molecule has 0 saturated heterocycles. The number of halogens is 1. The van der Waals surface area contributed by atoms with Gasteiger partial charge in [0.05, 0.1) is 17.7 Å². The molecule has 0 unspecified atom stereocenters. The maximum absolute atomic E-state index is 9.69. The number of nitrogens with zero attached hydrogens (tertiary/aromatic N) is 1. The van der Waals surface area contributed by atoms with E-state index in [0.717, 1.165) is 11.3 Å². The van der Waals surface area contributed by atoms with E-state index in [1.54, 1.807) is 30.3 Å². The third kappa shape index (κ3) is 3.14. The number of ether oxygens (including phenoxy) is 1. The van der Waals surface area contributed by atoms with Gasteiger partial charge in [0, 0.05) is 12.2 Å². The van der Waals surface area contributed by atoms with Gasteiger partial charge in [0.2, 0.25) is 0 Å². The molecule has 0 aliphatic rings. The van der Waals surface area contributed by atoms with E-state index in [9.17, 15) is 5.11 Å². The molecule has 102 valence electrons. The summed E-state index contributed by atoms with van der Waals surface area (Å²) in [5, 5.41) is 22.2. The molecular weight excluding hydrogens is 276 g/mol. The molecular formula is C15H13ClN2O2. The number of methoxy groups -OCH3 is 1. The van der Waals surface area contributed by atoms with Gasteiger partial charge in [-0.15, -0.1) is 0 Å². The first-order valence-electron chi connectivity index (χ1n) is 5.93. The zero-order valence-electron chi connectivity index (χ0n) is 10.9. The fraction of sp³-hybridized carbons (Fsp3) is 0.133. The molecule has 0 fully saturated rings. The van der Waals surface area contributed by atoms with E-state index in [-0.39, 0.29) is 5.75 Å². The van der Waals surface area contributed by atoms with E-state index in [0.29, 0.717) is 22.9 Å². The standard InChI is InChI=1S/C15H13ClN2O2/c1-20-15-5-2-10(6-14(15)19)9-18-12-3-4-13(16)11(7-12)8-17/h2-7,18-19H,9H2,1H3. The highest BCUT2D eigenvalue weighted by Crippen LogP contribution is 2.27. The van der Waals surface area contributed by atoms with Gasteiger partial charge in [-0.1, -0.05) is 17.7 Å². The minimum absolute atomic E-state index is 0.0978. The maximum Gasteiger partial charge on any atom is 0.160 e. The molecule has 0 spiro atoms. The molecule has 0 aliphatic carbocycles. The average Bonchev–Trinajstić information content (AvgIpc) is 2.46. The third-order valence-electron chi connectivity index (χ3n) is 2.83. The third-order valence-corrected chi connectivity index (χ3v) is 3.16. The van der Waals surface area contributed by atoms with Gasteiger partial charge >= 0.3 is 0 Å². The van der Waals surface area contributed by atoms with Crippen LogP contribution in [0.15, 0.2) is 36.4 Å². The minimum Gasteiger partial charge on any atom is -0.504 e. The monoisotopic (exact) mass is 288 g/mol. The van der Waals surface area contributed by atoms with Gasteiger partial charge in [-0.2, -0.15) is 5.26 Å². The van der Waals surface area contributed by atoms with Crippen molar-refractivity contribution >= 4 is 17.3 Å². The number of rotatable bonds is 4.